The van der Waals surface area contributed by atoms with E-state index >= 15 is 0 Å². The summed E-state index contributed by atoms with van der Waals surface area (Å²) in [6.45, 7) is 0. The van der Waals surface area contributed by atoms with Crippen molar-refractivity contribution in [2.45, 2.75) is 18.8 Å². The van der Waals surface area contributed by atoms with Crippen LogP contribution in [-0.2, 0) is 11.2 Å². The predicted molar refractivity (Wildman–Crippen MR) is 78.1 cm³/mol. The fourth-order valence-corrected chi connectivity index (χ4v) is 2.72. The van der Waals surface area contributed by atoms with Gasteiger partial charge in [-0.15, -0.1) is 0 Å². The maximum absolute atomic E-state index is 11.9. The number of carbonyl (C=O) groups is 2. The van der Waals surface area contributed by atoms with Gasteiger partial charge in [0.2, 0.25) is 5.91 Å². The molecule has 0 radical (unpaired) electrons. The van der Waals surface area contributed by atoms with Gasteiger partial charge < -0.3 is 10.6 Å². The fourth-order valence-electron chi connectivity index (χ4n) is 2.72. The summed E-state index contributed by atoms with van der Waals surface area (Å²) in [6, 6.07) is 9.93. The molecule has 0 saturated heterocycles. The molecule has 6 heteroatoms. The summed E-state index contributed by atoms with van der Waals surface area (Å²) in [4.78, 5) is 23.7. The van der Waals surface area contributed by atoms with Crippen LogP contribution in [0.2, 0.25) is 0 Å². The first-order valence-corrected chi connectivity index (χ1v) is 6.83. The molecule has 0 unspecified atom stereocenters. The number of hydrogen-bond donors (Lipinski definition) is 3. The molecule has 3 N–H and O–H groups in total. The Morgan fingerprint density at radius 3 is 2.86 bits per heavy atom. The molecule has 0 spiro atoms. The Balaban J connectivity index is 1.97. The molecule has 0 bridgehead atoms. The quantitative estimate of drug-likeness (QED) is 0.797. The molecule has 6 nitrogen and oxygen atoms in total. The molecule has 0 saturated carbocycles. The Kier molecular flexibility index (Phi) is 3.43. The zero-order valence-electron chi connectivity index (χ0n) is 11.6. The Labute approximate surface area is 121 Å². The number of hydrogen-bond acceptors (Lipinski definition) is 3. The average Bonchev–Trinajstić information content (AvgIpc) is 2.91. The Morgan fingerprint density at radius 1 is 1.38 bits per heavy atom. The third kappa shape index (κ3) is 2.52. The highest BCUT2D eigenvalue weighted by molar-refractivity contribution is 6.00. The van der Waals surface area contributed by atoms with Crippen LogP contribution in [-0.4, -0.2) is 29.1 Å². The highest BCUT2D eigenvalue weighted by Gasteiger charge is 2.32. The second kappa shape index (κ2) is 5.40. The highest BCUT2D eigenvalue weighted by atomic mass is 16.2. The zero-order valence-corrected chi connectivity index (χ0v) is 11.6. The Bertz CT molecular complexity index is 678. The number of aromatic amines is 1. The largest absolute Gasteiger partial charge is 0.354 e. The lowest BCUT2D eigenvalue weighted by atomic mass is 9.86. The van der Waals surface area contributed by atoms with Crippen molar-refractivity contribution in [3.8, 4) is 0 Å². The lowest BCUT2D eigenvalue weighted by Gasteiger charge is -2.22. The monoisotopic (exact) mass is 284 g/mol. The molecule has 0 fully saturated rings. The van der Waals surface area contributed by atoms with Crippen LogP contribution in [0.25, 0.3) is 0 Å². The van der Waals surface area contributed by atoms with Gasteiger partial charge in [0.15, 0.2) is 5.82 Å². The van der Waals surface area contributed by atoms with E-state index in [9.17, 15) is 9.59 Å². The molecule has 108 valence electrons. The maximum atomic E-state index is 11.9. The fraction of sp³-hybridized carbons (Fsp3) is 0.267. The van der Waals surface area contributed by atoms with Crippen LogP contribution in [0.4, 0.5) is 5.82 Å². The molecule has 21 heavy (non-hydrogen) atoms. The van der Waals surface area contributed by atoms with Crippen LogP contribution in [0.5, 0.6) is 0 Å². The number of benzene rings is 1. The van der Waals surface area contributed by atoms with Crippen molar-refractivity contribution >= 4 is 17.6 Å². The van der Waals surface area contributed by atoms with Crippen LogP contribution < -0.4 is 10.6 Å². The predicted octanol–water partition coefficient (Wildman–Crippen LogP) is 1.44. The number of nitrogens with one attached hydrogen (secondary N) is 3. The second-order valence-corrected chi connectivity index (χ2v) is 5.08. The van der Waals surface area contributed by atoms with E-state index < -0.39 is 0 Å². The van der Waals surface area contributed by atoms with Gasteiger partial charge in [0, 0.05) is 24.9 Å². The van der Waals surface area contributed by atoms with E-state index in [1.54, 1.807) is 7.05 Å². The molecule has 1 aliphatic rings. The molecule has 1 aliphatic heterocycles. The van der Waals surface area contributed by atoms with Gasteiger partial charge in [0.1, 0.15) is 5.69 Å². The number of rotatable bonds is 3. The lowest BCUT2D eigenvalue weighted by molar-refractivity contribution is -0.116. The van der Waals surface area contributed by atoms with Gasteiger partial charge in [0.25, 0.3) is 5.91 Å². The van der Waals surface area contributed by atoms with Crippen LogP contribution >= 0.6 is 0 Å². The topological polar surface area (TPSA) is 86.9 Å². The molecule has 2 amide bonds. The highest BCUT2D eigenvalue weighted by Crippen LogP contribution is 2.35. The van der Waals surface area contributed by atoms with E-state index in [-0.39, 0.29) is 17.7 Å². The van der Waals surface area contributed by atoms with Crippen molar-refractivity contribution in [1.82, 2.24) is 15.5 Å². The SMILES string of the molecule is CNC(=O)c1[nH]nc2c1[C@@H](Cc1ccccc1)CC(=O)N2. The van der Waals surface area contributed by atoms with Crippen molar-refractivity contribution in [2.24, 2.45) is 0 Å². The van der Waals surface area contributed by atoms with Crippen molar-refractivity contribution in [1.29, 1.82) is 0 Å². The maximum Gasteiger partial charge on any atom is 0.269 e. The molecule has 2 heterocycles. The number of anilines is 1. The van der Waals surface area contributed by atoms with E-state index in [1.807, 2.05) is 30.3 Å². The Morgan fingerprint density at radius 2 is 2.14 bits per heavy atom. The first kappa shape index (κ1) is 13.4. The number of aromatic nitrogens is 2. The normalized spacial score (nSPS) is 17.0. The van der Waals surface area contributed by atoms with Crippen LogP contribution in [0, 0.1) is 0 Å². The van der Waals surface area contributed by atoms with Crippen molar-refractivity contribution in [3.63, 3.8) is 0 Å². The van der Waals surface area contributed by atoms with Gasteiger partial charge in [0.05, 0.1) is 0 Å². The molecular weight excluding hydrogens is 268 g/mol. The summed E-state index contributed by atoms with van der Waals surface area (Å²) in [7, 11) is 1.57. The first-order chi connectivity index (χ1) is 10.2. The summed E-state index contributed by atoms with van der Waals surface area (Å²) >= 11 is 0. The smallest absolute Gasteiger partial charge is 0.269 e. The van der Waals surface area contributed by atoms with Gasteiger partial charge in [-0.25, -0.2) is 0 Å². The molecule has 1 aromatic heterocycles. The van der Waals surface area contributed by atoms with E-state index in [1.165, 1.54) is 0 Å². The molecular formula is C15H16N4O2. The van der Waals surface area contributed by atoms with E-state index in [2.05, 4.69) is 20.8 Å². The first-order valence-electron chi connectivity index (χ1n) is 6.83. The molecule has 1 aromatic carbocycles. The summed E-state index contributed by atoms with van der Waals surface area (Å²) in [5, 5.41) is 12.1. The van der Waals surface area contributed by atoms with Crippen molar-refractivity contribution in [3.05, 3.63) is 47.2 Å². The second-order valence-electron chi connectivity index (χ2n) is 5.08. The van der Waals surface area contributed by atoms with Crippen molar-refractivity contribution < 1.29 is 9.59 Å². The van der Waals surface area contributed by atoms with E-state index in [0.29, 0.717) is 24.4 Å². The number of nitrogens with zero attached hydrogens (tertiary/aromatic N) is 1. The number of fused-ring (bicyclic) bond motifs is 1. The summed E-state index contributed by atoms with van der Waals surface area (Å²) in [5.74, 6) is 0.115. The van der Waals surface area contributed by atoms with Gasteiger partial charge in [-0.05, 0) is 12.0 Å². The third-order valence-electron chi connectivity index (χ3n) is 3.68. The summed E-state index contributed by atoms with van der Waals surface area (Å²) in [5.41, 5.74) is 2.35. The van der Waals surface area contributed by atoms with Gasteiger partial charge in [-0.3, -0.25) is 14.7 Å². The van der Waals surface area contributed by atoms with Crippen LogP contribution in [0.3, 0.4) is 0 Å². The average molecular weight is 284 g/mol. The lowest BCUT2D eigenvalue weighted by Crippen LogP contribution is -2.27. The minimum atomic E-state index is -0.224. The van der Waals surface area contributed by atoms with Crippen LogP contribution in [0.1, 0.15) is 34.0 Å². The minimum absolute atomic E-state index is 0.0535. The number of amides is 2. The molecule has 1 atom stereocenters. The number of H-pyrrole nitrogens is 1. The van der Waals surface area contributed by atoms with Gasteiger partial charge in [-0.1, -0.05) is 30.3 Å². The third-order valence-corrected chi connectivity index (χ3v) is 3.68. The standard InChI is InChI=1S/C15H16N4O2/c1-16-15(21)13-12-10(7-9-5-3-2-4-6-9)8-11(20)17-14(12)19-18-13/h2-6,10H,7-8H2,1H3,(H,16,21)(H2,17,18,19,20)/t10-/m0/s1. The van der Waals surface area contributed by atoms with Gasteiger partial charge in [-0.2, -0.15) is 5.10 Å². The van der Waals surface area contributed by atoms with Crippen molar-refractivity contribution in [2.75, 3.05) is 12.4 Å². The van der Waals surface area contributed by atoms with Gasteiger partial charge >= 0.3 is 0 Å². The molecule has 0 aliphatic carbocycles. The zero-order chi connectivity index (χ0) is 14.8. The van der Waals surface area contributed by atoms with Crippen LogP contribution in [0.15, 0.2) is 30.3 Å². The summed E-state index contributed by atoms with van der Waals surface area (Å²) < 4.78 is 0. The van der Waals surface area contributed by atoms with E-state index in [4.69, 9.17) is 0 Å². The molecule has 3 rings (SSSR count). The summed E-state index contributed by atoms with van der Waals surface area (Å²) in [6.07, 6.45) is 1.05. The number of carbonyl (C=O) groups excluding carboxylic acids is 2. The minimum Gasteiger partial charge on any atom is -0.354 e. The Hall–Kier alpha value is -2.63. The molecule has 2 aromatic rings. The van der Waals surface area contributed by atoms with E-state index in [0.717, 1.165) is 11.1 Å².